The molecule has 0 aliphatic heterocycles. The summed E-state index contributed by atoms with van der Waals surface area (Å²) in [5, 5.41) is 0. The summed E-state index contributed by atoms with van der Waals surface area (Å²) in [4.78, 5) is 0. The average Bonchev–Trinajstić information content (AvgIpc) is 1.99. The molecule has 0 aromatic carbocycles. The predicted molar refractivity (Wildman–Crippen MR) is 70.2 cm³/mol. The minimum Gasteiger partial charge on any atom is -0.395 e. The van der Waals surface area contributed by atoms with E-state index in [4.69, 9.17) is 20.3 Å². The molecule has 2 unspecified atom stereocenters. The van der Waals surface area contributed by atoms with Crippen LogP contribution in [0.2, 0.25) is 12.6 Å². The minimum absolute atomic E-state index is 0.533. The van der Waals surface area contributed by atoms with Crippen LogP contribution in [0, 0.1) is 5.92 Å². The molecule has 2 atom stereocenters. The lowest BCUT2D eigenvalue weighted by Gasteiger charge is -2.36. The molecule has 0 amide bonds. The Morgan fingerprint density at radius 1 is 1.38 bits per heavy atom. The fraction of sp³-hybridized carbons (Fsp3) is 1.00. The molecule has 0 saturated carbocycles. The molecule has 0 saturated heterocycles. The summed E-state index contributed by atoms with van der Waals surface area (Å²) in [6.07, 6.45) is 0.654. The van der Waals surface area contributed by atoms with E-state index in [0.717, 1.165) is 6.04 Å². The van der Waals surface area contributed by atoms with Gasteiger partial charge in [0.25, 0.3) is 0 Å². The zero-order chi connectivity index (χ0) is 12.8. The quantitative estimate of drug-likeness (QED) is 0.507. The molecule has 0 spiro atoms. The fourth-order valence-corrected chi connectivity index (χ4v) is 5.45. The van der Waals surface area contributed by atoms with Gasteiger partial charge in [0.2, 0.25) is 0 Å². The van der Waals surface area contributed by atoms with Crippen molar-refractivity contribution in [3.05, 3.63) is 0 Å². The van der Waals surface area contributed by atoms with E-state index in [9.17, 15) is 0 Å². The van der Waals surface area contributed by atoms with Gasteiger partial charge in [-0.1, -0.05) is 13.8 Å². The molecule has 0 aromatic rings. The Bertz CT molecular complexity index is 200. The SMILES string of the molecule is CCO[Si](C)(CC(C)C)OC(C)(N)CCN. The van der Waals surface area contributed by atoms with Gasteiger partial charge in [0.05, 0.1) is 0 Å². The first kappa shape index (κ1) is 16.1. The van der Waals surface area contributed by atoms with Gasteiger partial charge in [0, 0.05) is 13.0 Å². The highest BCUT2D eigenvalue weighted by molar-refractivity contribution is 6.66. The highest BCUT2D eigenvalue weighted by atomic mass is 28.4. The third kappa shape index (κ3) is 6.60. The monoisotopic (exact) mass is 248 g/mol. The molecule has 4 nitrogen and oxygen atoms in total. The molecule has 16 heavy (non-hydrogen) atoms. The number of hydrogen-bond donors (Lipinski definition) is 2. The van der Waals surface area contributed by atoms with Crippen LogP contribution in [0.1, 0.15) is 34.1 Å². The highest BCUT2D eigenvalue weighted by Crippen LogP contribution is 2.24. The first-order valence-corrected chi connectivity index (χ1v) is 8.60. The van der Waals surface area contributed by atoms with Gasteiger partial charge in [-0.3, -0.25) is 0 Å². The Hall–Kier alpha value is 0.0569. The Kier molecular flexibility index (Phi) is 6.73. The van der Waals surface area contributed by atoms with Crippen LogP contribution in [0.15, 0.2) is 0 Å². The van der Waals surface area contributed by atoms with E-state index in [2.05, 4.69) is 20.4 Å². The molecular weight excluding hydrogens is 220 g/mol. The topological polar surface area (TPSA) is 70.5 Å². The Morgan fingerprint density at radius 2 is 1.94 bits per heavy atom. The van der Waals surface area contributed by atoms with E-state index in [1.54, 1.807) is 0 Å². The molecule has 0 rings (SSSR count). The summed E-state index contributed by atoms with van der Waals surface area (Å²) in [5.41, 5.74) is 10.9. The first-order chi connectivity index (χ1) is 7.24. The van der Waals surface area contributed by atoms with Crippen LogP contribution in [0.5, 0.6) is 0 Å². The van der Waals surface area contributed by atoms with Crippen molar-refractivity contribution in [1.82, 2.24) is 0 Å². The van der Waals surface area contributed by atoms with Gasteiger partial charge in [-0.25, -0.2) is 0 Å². The van der Waals surface area contributed by atoms with Crippen molar-refractivity contribution in [1.29, 1.82) is 0 Å². The average molecular weight is 248 g/mol. The van der Waals surface area contributed by atoms with Gasteiger partial charge in [0.15, 0.2) is 0 Å². The number of rotatable bonds is 8. The lowest BCUT2D eigenvalue weighted by atomic mass is 10.2. The number of nitrogens with two attached hydrogens (primary N) is 2. The van der Waals surface area contributed by atoms with E-state index in [1.807, 2.05) is 13.8 Å². The minimum atomic E-state index is -2.17. The van der Waals surface area contributed by atoms with Gasteiger partial charge in [-0.2, -0.15) is 0 Å². The van der Waals surface area contributed by atoms with Crippen molar-refractivity contribution >= 4 is 8.56 Å². The van der Waals surface area contributed by atoms with Gasteiger partial charge in [-0.15, -0.1) is 0 Å². The summed E-state index contributed by atoms with van der Waals surface area (Å²) >= 11 is 0. The molecule has 0 aliphatic carbocycles. The fourth-order valence-electron chi connectivity index (χ4n) is 2.01. The standard InChI is InChI=1S/C11H28N2O2Si/c1-6-14-16(5,9-10(2)3)15-11(4,13)7-8-12/h10H,6-9,12-13H2,1-5H3. The van der Waals surface area contributed by atoms with Crippen LogP contribution in [0.3, 0.4) is 0 Å². The molecule has 0 radical (unpaired) electrons. The van der Waals surface area contributed by atoms with Crippen LogP contribution in [-0.2, 0) is 8.85 Å². The largest absolute Gasteiger partial charge is 0.395 e. The van der Waals surface area contributed by atoms with Gasteiger partial charge < -0.3 is 20.3 Å². The summed E-state index contributed by atoms with van der Waals surface area (Å²) in [6, 6.07) is 0.957. The summed E-state index contributed by atoms with van der Waals surface area (Å²) in [7, 11) is -2.17. The van der Waals surface area contributed by atoms with Gasteiger partial charge in [0.1, 0.15) is 5.72 Å². The smallest absolute Gasteiger partial charge is 0.336 e. The van der Waals surface area contributed by atoms with Crippen molar-refractivity contribution in [2.24, 2.45) is 17.4 Å². The first-order valence-electron chi connectivity index (χ1n) is 6.08. The van der Waals surface area contributed by atoms with Crippen molar-refractivity contribution < 1.29 is 8.85 Å². The van der Waals surface area contributed by atoms with E-state index < -0.39 is 14.3 Å². The normalized spacial score (nSPS) is 19.5. The van der Waals surface area contributed by atoms with Crippen LogP contribution in [0.4, 0.5) is 0 Å². The lowest BCUT2D eigenvalue weighted by Crippen LogP contribution is -2.53. The predicted octanol–water partition coefficient (Wildman–Crippen LogP) is 1.79. The Labute approximate surface area is 101 Å². The van der Waals surface area contributed by atoms with Gasteiger partial charge >= 0.3 is 8.56 Å². The molecule has 0 aliphatic rings. The van der Waals surface area contributed by atoms with Crippen molar-refractivity contribution in [2.45, 2.75) is 52.4 Å². The zero-order valence-corrected chi connectivity index (χ0v) is 12.4. The summed E-state index contributed by atoms with van der Waals surface area (Å²) in [5.74, 6) is 0.553. The maximum absolute atomic E-state index is 6.07. The van der Waals surface area contributed by atoms with Gasteiger partial charge in [-0.05, 0) is 38.9 Å². The van der Waals surface area contributed by atoms with Crippen LogP contribution in [-0.4, -0.2) is 27.4 Å². The second kappa shape index (κ2) is 6.71. The van der Waals surface area contributed by atoms with E-state index in [-0.39, 0.29) is 0 Å². The van der Waals surface area contributed by atoms with Crippen molar-refractivity contribution in [3.8, 4) is 0 Å². The third-order valence-electron chi connectivity index (χ3n) is 2.32. The van der Waals surface area contributed by atoms with Crippen LogP contribution >= 0.6 is 0 Å². The van der Waals surface area contributed by atoms with Crippen molar-refractivity contribution in [2.75, 3.05) is 13.2 Å². The third-order valence-corrected chi connectivity index (χ3v) is 5.67. The molecular formula is C11H28N2O2Si. The highest BCUT2D eigenvalue weighted by Gasteiger charge is 2.38. The molecule has 0 aromatic heterocycles. The maximum atomic E-state index is 6.07. The second-order valence-electron chi connectivity index (χ2n) is 5.12. The Morgan fingerprint density at radius 3 is 2.31 bits per heavy atom. The molecule has 0 bridgehead atoms. The van der Waals surface area contributed by atoms with E-state index >= 15 is 0 Å². The second-order valence-corrected chi connectivity index (χ2v) is 8.29. The molecule has 4 N–H and O–H groups in total. The summed E-state index contributed by atoms with van der Waals surface area (Å²) in [6.45, 7) is 11.5. The van der Waals surface area contributed by atoms with Crippen LogP contribution in [0.25, 0.3) is 0 Å². The molecule has 0 heterocycles. The summed E-state index contributed by atoms with van der Waals surface area (Å²) < 4.78 is 11.8. The number of hydrogen-bond acceptors (Lipinski definition) is 4. The lowest BCUT2D eigenvalue weighted by molar-refractivity contribution is 0.0364. The maximum Gasteiger partial charge on any atom is 0.336 e. The molecule has 98 valence electrons. The molecule has 0 fully saturated rings. The Balaban J connectivity index is 4.52. The van der Waals surface area contributed by atoms with Crippen LogP contribution < -0.4 is 11.5 Å². The van der Waals surface area contributed by atoms with E-state index in [0.29, 0.717) is 25.5 Å². The zero-order valence-electron chi connectivity index (χ0n) is 11.4. The van der Waals surface area contributed by atoms with E-state index in [1.165, 1.54) is 0 Å². The molecule has 5 heteroatoms. The van der Waals surface area contributed by atoms with Crippen molar-refractivity contribution in [3.63, 3.8) is 0 Å².